The number of benzene rings is 1. The molecule has 0 atom stereocenters. The van der Waals surface area contributed by atoms with E-state index < -0.39 is 9.84 Å². The number of nitrogens with zero attached hydrogens (tertiary/aromatic N) is 2. The van der Waals surface area contributed by atoms with E-state index in [0.717, 1.165) is 18.7 Å². The van der Waals surface area contributed by atoms with Crippen LogP contribution in [0.1, 0.15) is 12.5 Å². The average Bonchev–Trinajstić information content (AvgIpc) is 2.55. The third-order valence-electron chi connectivity index (χ3n) is 3.92. The zero-order chi connectivity index (χ0) is 18.3. The molecule has 148 valence electrons. The Morgan fingerprint density at radius 1 is 1.23 bits per heavy atom. The fourth-order valence-corrected chi connectivity index (χ4v) is 4.21. The van der Waals surface area contributed by atoms with Crippen molar-refractivity contribution in [3.05, 3.63) is 33.8 Å². The lowest BCUT2D eigenvalue weighted by molar-refractivity contribution is 0.299. The van der Waals surface area contributed by atoms with E-state index in [2.05, 4.69) is 20.5 Å². The summed E-state index contributed by atoms with van der Waals surface area (Å²) in [7, 11) is -2.83. The van der Waals surface area contributed by atoms with Crippen molar-refractivity contribution in [1.29, 1.82) is 0 Å². The van der Waals surface area contributed by atoms with Gasteiger partial charge in [-0.15, -0.1) is 24.0 Å². The van der Waals surface area contributed by atoms with Crippen molar-refractivity contribution in [3.8, 4) is 0 Å². The first-order valence-electron chi connectivity index (χ1n) is 8.28. The molecular weight excluding hydrogens is 510 g/mol. The van der Waals surface area contributed by atoms with Gasteiger partial charge in [-0.2, -0.15) is 0 Å². The van der Waals surface area contributed by atoms with Crippen molar-refractivity contribution in [2.24, 2.45) is 4.99 Å². The molecule has 0 saturated carbocycles. The van der Waals surface area contributed by atoms with Gasteiger partial charge in [0.2, 0.25) is 0 Å². The molecule has 26 heavy (non-hydrogen) atoms. The van der Waals surface area contributed by atoms with E-state index in [1.54, 1.807) is 12.1 Å². The van der Waals surface area contributed by atoms with Crippen LogP contribution < -0.4 is 10.6 Å². The van der Waals surface area contributed by atoms with Gasteiger partial charge >= 0.3 is 0 Å². The molecule has 0 unspecified atom stereocenters. The van der Waals surface area contributed by atoms with Crippen molar-refractivity contribution >= 4 is 63.0 Å². The predicted octanol–water partition coefficient (Wildman–Crippen LogP) is 2.40. The first-order valence-corrected chi connectivity index (χ1v) is 10.9. The number of sulfone groups is 1. The third kappa shape index (κ3) is 8.16. The zero-order valence-electron chi connectivity index (χ0n) is 14.7. The Morgan fingerprint density at radius 2 is 1.92 bits per heavy atom. The molecule has 6 nitrogen and oxygen atoms in total. The molecule has 1 aromatic carbocycles. The summed E-state index contributed by atoms with van der Waals surface area (Å²) in [6.45, 7) is 5.87. The van der Waals surface area contributed by atoms with Crippen LogP contribution in [0.25, 0.3) is 0 Å². The highest BCUT2D eigenvalue weighted by molar-refractivity contribution is 14.0. The molecule has 0 bridgehead atoms. The van der Waals surface area contributed by atoms with Crippen LogP contribution in [0.5, 0.6) is 0 Å². The first-order chi connectivity index (χ1) is 11.9. The summed E-state index contributed by atoms with van der Waals surface area (Å²) in [4.78, 5) is 6.68. The second-order valence-corrected chi connectivity index (χ2v) is 9.00. The molecule has 10 heteroatoms. The molecule has 0 spiro atoms. The molecular formula is C16H25Cl2IN4O2S. The summed E-state index contributed by atoms with van der Waals surface area (Å²) in [6, 6.07) is 5.37. The summed E-state index contributed by atoms with van der Waals surface area (Å²) in [6.07, 6.45) is 0. The van der Waals surface area contributed by atoms with E-state index in [-0.39, 0.29) is 35.5 Å². The van der Waals surface area contributed by atoms with Crippen molar-refractivity contribution in [2.45, 2.75) is 13.5 Å². The minimum Gasteiger partial charge on any atom is -0.357 e. The van der Waals surface area contributed by atoms with Gasteiger partial charge in [-0.3, -0.25) is 4.90 Å². The van der Waals surface area contributed by atoms with Gasteiger partial charge in [0.15, 0.2) is 15.8 Å². The van der Waals surface area contributed by atoms with E-state index in [4.69, 9.17) is 23.2 Å². The molecule has 1 saturated heterocycles. The van der Waals surface area contributed by atoms with E-state index >= 15 is 0 Å². The Kier molecular flexibility index (Phi) is 10.5. The van der Waals surface area contributed by atoms with Crippen LogP contribution in [0.2, 0.25) is 10.0 Å². The summed E-state index contributed by atoms with van der Waals surface area (Å²) >= 11 is 12.1. The number of aliphatic imine (C=N–C) groups is 1. The van der Waals surface area contributed by atoms with Gasteiger partial charge < -0.3 is 10.6 Å². The normalized spacial score (nSPS) is 17.4. The van der Waals surface area contributed by atoms with Crippen molar-refractivity contribution < 1.29 is 8.42 Å². The smallest absolute Gasteiger partial charge is 0.191 e. The van der Waals surface area contributed by atoms with E-state index in [0.29, 0.717) is 42.2 Å². The Hall–Kier alpha value is -0.290. The quantitative estimate of drug-likeness (QED) is 0.333. The molecule has 2 rings (SSSR count). The Morgan fingerprint density at radius 3 is 2.54 bits per heavy atom. The fourth-order valence-electron chi connectivity index (χ4n) is 2.46. The number of nitrogens with one attached hydrogen (secondary N) is 2. The Labute approximate surface area is 182 Å². The lowest BCUT2D eigenvalue weighted by atomic mass is 10.2. The SMILES string of the molecule is CCNC(=NCc1ccc(Cl)cc1Cl)NCCN1CCS(=O)(=O)CC1.I. The van der Waals surface area contributed by atoms with Gasteiger partial charge in [-0.1, -0.05) is 29.3 Å². The van der Waals surface area contributed by atoms with E-state index in [9.17, 15) is 8.42 Å². The predicted molar refractivity (Wildman–Crippen MR) is 120 cm³/mol. The first kappa shape index (κ1) is 23.7. The average molecular weight is 535 g/mol. The molecule has 0 radical (unpaired) electrons. The molecule has 1 aliphatic rings. The number of guanidine groups is 1. The maximum Gasteiger partial charge on any atom is 0.191 e. The van der Waals surface area contributed by atoms with Crippen LogP contribution in [-0.2, 0) is 16.4 Å². The van der Waals surface area contributed by atoms with Crippen LogP contribution >= 0.6 is 47.2 Å². The molecule has 2 N–H and O–H groups in total. The number of hydrogen-bond acceptors (Lipinski definition) is 4. The Balaban J connectivity index is 0.00000338. The lowest BCUT2D eigenvalue weighted by Crippen LogP contribution is -2.45. The van der Waals surface area contributed by atoms with Gasteiger partial charge in [0.05, 0.1) is 18.1 Å². The van der Waals surface area contributed by atoms with Gasteiger partial charge in [0.25, 0.3) is 0 Å². The van der Waals surface area contributed by atoms with Crippen molar-refractivity contribution in [3.63, 3.8) is 0 Å². The zero-order valence-corrected chi connectivity index (χ0v) is 19.3. The van der Waals surface area contributed by atoms with Crippen LogP contribution in [0, 0.1) is 0 Å². The van der Waals surface area contributed by atoms with Crippen LogP contribution in [0.3, 0.4) is 0 Å². The van der Waals surface area contributed by atoms with Crippen LogP contribution in [-0.4, -0.2) is 63.5 Å². The lowest BCUT2D eigenvalue weighted by Gasteiger charge is -2.26. The molecule has 1 aromatic rings. The van der Waals surface area contributed by atoms with Gasteiger partial charge in [-0.05, 0) is 24.6 Å². The molecule has 0 aromatic heterocycles. The van der Waals surface area contributed by atoms with Gasteiger partial charge in [0.1, 0.15) is 0 Å². The van der Waals surface area contributed by atoms with Crippen molar-refractivity contribution in [2.75, 3.05) is 44.2 Å². The minimum absolute atomic E-state index is 0. The summed E-state index contributed by atoms with van der Waals surface area (Å²) in [5, 5.41) is 7.66. The largest absolute Gasteiger partial charge is 0.357 e. The van der Waals surface area contributed by atoms with Gasteiger partial charge in [-0.25, -0.2) is 13.4 Å². The molecule has 1 heterocycles. The highest BCUT2D eigenvalue weighted by Crippen LogP contribution is 2.21. The Bertz CT molecular complexity index is 702. The summed E-state index contributed by atoms with van der Waals surface area (Å²) < 4.78 is 22.9. The van der Waals surface area contributed by atoms with Gasteiger partial charge in [0, 0.05) is 42.8 Å². The van der Waals surface area contributed by atoms with Crippen molar-refractivity contribution in [1.82, 2.24) is 15.5 Å². The molecule has 0 amide bonds. The highest BCUT2D eigenvalue weighted by atomic mass is 127. The second kappa shape index (κ2) is 11.5. The standard InChI is InChI=1S/C16H24Cl2N4O2S.HI/c1-2-19-16(21-12-13-3-4-14(17)11-15(13)18)20-5-6-22-7-9-25(23,24)10-8-22;/h3-4,11H,2,5-10,12H2,1H3,(H2,19,20,21);1H. The molecule has 1 fully saturated rings. The molecule has 0 aliphatic carbocycles. The maximum absolute atomic E-state index is 11.4. The third-order valence-corrected chi connectivity index (χ3v) is 6.12. The number of halogens is 3. The summed E-state index contributed by atoms with van der Waals surface area (Å²) in [5.74, 6) is 1.20. The number of rotatable bonds is 6. The van der Waals surface area contributed by atoms with E-state index in [1.165, 1.54) is 0 Å². The van der Waals surface area contributed by atoms with Crippen LogP contribution in [0.15, 0.2) is 23.2 Å². The second-order valence-electron chi connectivity index (χ2n) is 5.85. The monoisotopic (exact) mass is 534 g/mol. The maximum atomic E-state index is 11.4. The molecule has 1 aliphatic heterocycles. The van der Waals surface area contributed by atoms with Crippen LogP contribution in [0.4, 0.5) is 0 Å². The van der Waals surface area contributed by atoms with E-state index in [1.807, 2.05) is 13.0 Å². The highest BCUT2D eigenvalue weighted by Gasteiger charge is 2.20. The fraction of sp³-hybridized carbons (Fsp3) is 0.562. The topological polar surface area (TPSA) is 73.8 Å². The number of hydrogen-bond donors (Lipinski definition) is 2. The summed E-state index contributed by atoms with van der Waals surface area (Å²) in [5.41, 5.74) is 0.907. The minimum atomic E-state index is -2.83.